The van der Waals surface area contributed by atoms with Crippen LogP contribution in [0.3, 0.4) is 0 Å². The topological polar surface area (TPSA) is 79.8 Å². The van der Waals surface area contributed by atoms with Crippen molar-refractivity contribution in [2.75, 3.05) is 26.4 Å². The Balaban J connectivity index is 1.88. The maximum absolute atomic E-state index is 11.3. The first-order chi connectivity index (χ1) is 8.79. The van der Waals surface area contributed by atoms with Gasteiger partial charge >= 0.3 is 6.03 Å². The summed E-state index contributed by atoms with van der Waals surface area (Å²) in [5.74, 6) is 1.44. The lowest BCUT2D eigenvalue weighted by Crippen LogP contribution is -2.36. The van der Waals surface area contributed by atoms with Crippen molar-refractivity contribution in [3.8, 4) is 11.5 Å². The molecule has 1 aliphatic heterocycles. The second-order valence-corrected chi connectivity index (χ2v) is 3.81. The van der Waals surface area contributed by atoms with Crippen molar-refractivity contribution < 1.29 is 19.4 Å². The molecule has 0 bridgehead atoms. The van der Waals surface area contributed by atoms with Crippen molar-refractivity contribution in [1.29, 1.82) is 0 Å². The van der Waals surface area contributed by atoms with Gasteiger partial charge in [0, 0.05) is 13.1 Å². The van der Waals surface area contributed by atoms with E-state index in [2.05, 4.69) is 10.6 Å². The van der Waals surface area contributed by atoms with Gasteiger partial charge in [-0.25, -0.2) is 4.79 Å². The summed E-state index contributed by atoms with van der Waals surface area (Å²) >= 11 is 0. The molecule has 2 rings (SSSR count). The number of ether oxygens (including phenoxy) is 2. The summed E-state index contributed by atoms with van der Waals surface area (Å²) in [6, 6.07) is 5.25. The van der Waals surface area contributed by atoms with E-state index in [-0.39, 0.29) is 19.2 Å². The van der Waals surface area contributed by atoms with Gasteiger partial charge in [0.2, 0.25) is 0 Å². The molecule has 6 heteroatoms. The third-order valence-corrected chi connectivity index (χ3v) is 2.46. The Morgan fingerprint density at radius 1 is 1.22 bits per heavy atom. The number of nitrogens with one attached hydrogen (secondary N) is 2. The van der Waals surface area contributed by atoms with Gasteiger partial charge in [-0.3, -0.25) is 0 Å². The molecular weight excluding hydrogens is 236 g/mol. The van der Waals surface area contributed by atoms with Crippen molar-refractivity contribution in [2.24, 2.45) is 0 Å². The standard InChI is InChI=1S/C12H16N2O4/c15-4-3-13-12(16)14-8-9-1-2-10-11(7-9)18-6-5-17-10/h1-2,7,15H,3-6,8H2,(H2,13,14,16). The fraction of sp³-hybridized carbons (Fsp3) is 0.417. The molecule has 3 N–H and O–H groups in total. The molecule has 0 radical (unpaired) electrons. The molecule has 1 heterocycles. The maximum atomic E-state index is 11.3. The third kappa shape index (κ3) is 3.27. The van der Waals surface area contributed by atoms with Gasteiger partial charge in [-0.05, 0) is 17.7 Å². The highest BCUT2D eigenvalue weighted by Gasteiger charge is 2.11. The quantitative estimate of drug-likeness (QED) is 0.717. The van der Waals surface area contributed by atoms with Gasteiger partial charge < -0.3 is 25.2 Å². The molecule has 0 saturated carbocycles. The zero-order valence-corrected chi connectivity index (χ0v) is 9.94. The van der Waals surface area contributed by atoms with E-state index in [1.165, 1.54) is 0 Å². The van der Waals surface area contributed by atoms with E-state index in [0.717, 1.165) is 11.3 Å². The fourth-order valence-electron chi connectivity index (χ4n) is 1.61. The molecule has 2 amide bonds. The molecule has 18 heavy (non-hydrogen) atoms. The van der Waals surface area contributed by atoms with Gasteiger partial charge in [0.25, 0.3) is 0 Å². The number of benzene rings is 1. The number of aliphatic hydroxyl groups is 1. The molecule has 0 aromatic heterocycles. The van der Waals surface area contributed by atoms with E-state index < -0.39 is 0 Å². The van der Waals surface area contributed by atoms with Crippen LogP contribution in [0.15, 0.2) is 18.2 Å². The summed E-state index contributed by atoms with van der Waals surface area (Å²) in [6.45, 7) is 1.67. The smallest absolute Gasteiger partial charge is 0.315 e. The summed E-state index contributed by atoms with van der Waals surface area (Å²) in [6.07, 6.45) is 0. The number of fused-ring (bicyclic) bond motifs is 1. The second kappa shape index (κ2) is 6.11. The van der Waals surface area contributed by atoms with Crippen LogP contribution in [0.2, 0.25) is 0 Å². The predicted octanol–water partition coefficient (Wildman–Crippen LogP) is 0.249. The van der Waals surface area contributed by atoms with E-state index in [4.69, 9.17) is 14.6 Å². The Labute approximate surface area is 105 Å². The lowest BCUT2D eigenvalue weighted by molar-refractivity contribution is 0.171. The van der Waals surface area contributed by atoms with Crippen LogP contribution in [-0.4, -0.2) is 37.5 Å². The van der Waals surface area contributed by atoms with E-state index in [1.54, 1.807) is 0 Å². The number of hydrogen-bond acceptors (Lipinski definition) is 4. The van der Waals surface area contributed by atoms with Crippen LogP contribution in [-0.2, 0) is 6.54 Å². The van der Waals surface area contributed by atoms with Gasteiger partial charge in [0.1, 0.15) is 13.2 Å². The number of hydrogen-bond donors (Lipinski definition) is 3. The first-order valence-corrected chi connectivity index (χ1v) is 5.80. The van der Waals surface area contributed by atoms with Crippen LogP contribution in [0.4, 0.5) is 4.79 Å². The first-order valence-electron chi connectivity index (χ1n) is 5.80. The highest BCUT2D eigenvalue weighted by atomic mass is 16.6. The van der Waals surface area contributed by atoms with Crippen LogP contribution in [0.25, 0.3) is 0 Å². The molecule has 0 saturated heterocycles. The zero-order chi connectivity index (χ0) is 12.8. The Morgan fingerprint density at radius 2 is 2.00 bits per heavy atom. The molecule has 0 unspecified atom stereocenters. The number of carbonyl (C=O) groups is 1. The molecule has 1 aliphatic rings. The monoisotopic (exact) mass is 252 g/mol. The summed E-state index contributed by atoms with van der Waals surface area (Å²) < 4.78 is 10.9. The average molecular weight is 252 g/mol. The first kappa shape index (κ1) is 12.5. The van der Waals surface area contributed by atoms with Crippen LogP contribution in [0.1, 0.15) is 5.56 Å². The fourth-order valence-corrected chi connectivity index (χ4v) is 1.61. The molecule has 0 aliphatic carbocycles. The highest BCUT2D eigenvalue weighted by Crippen LogP contribution is 2.30. The van der Waals surface area contributed by atoms with Crippen molar-refractivity contribution >= 4 is 6.03 Å². The molecule has 0 fully saturated rings. The average Bonchev–Trinajstić information content (AvgIpc) is 2.42. The van der Waals surface area contributed by atoms with Gasteiger partial charge in [-0.15, -0.1) is 0 Å². The second-order valence-electron chi connectivity index (χ2n) is 3.81. The number of carbonyl (C=O) groups excluding carboxylic acids is 1. The lowest BCUT2D eigenvalue weighted by Gasteiger charge is -2.19. The molecular formula is C12H16N2O4. The van der Waals surface area contributed by atoms with Crippen molar-refractivity contribution in [3.05, 3.63) is 23.8 Å². The van der Waals surface area contributed by atoms with Crippen molar-refractivity contribution in [1.82, 2.24) is 10.6 Å². The van der Waals surface area contributed by atoms with E-state index in [1.807, 2.05) is 18.2 Å². The Morgan fingerprint density at radius 3 is 2.78 bits per heavy atom. The van der Waals surface area contributed by atoms with Crippen LogP contribution in [0, 0.1) is 0 Å². The molecule has 1 aromatic carbocycles. The minimum Gasteiger partial charge on any atom is -0.486 e. The van der Waals surface area contributed by atoms with E-state index >= 15 is 0 Å². The SMILES string of the molecule is O=C(NCCO)NCc1ccc2c(c1)OCCO2. The minimum absolute atomic E-state index is 0.0720. The highest BCUT2D eigenvalue weighted by molar-refractivity contribution is 5.73. The van der Waals surface area contributed by atoms with Gasteiger partial charge in [0.15, 0.2) is 11.5 Å². The van der Waals surface area contributed by atoms with E-state index in [0.29, 0.717) is 25.5 Å². The predicted molar refractivity (Wildman–Crippen MR) is 64.8 cm³/mol. The number of urea groups is 1. The summed E-state index contributed by atoms with van der Waals surface area (Å²) in [7, 11) is 0. The summed E-state index contributed by atoms with van der Waals surface area (Å²) in [4.78, 5) is 11.3. The summed E-state index contributed by atoms with van der Waals surface area (Å²) in [5.41, 5.74) is 0.929. The Bertz CT molecular complexity index is 423. The lowest BCUT2D eigenvalue weighted by atomic mass is 10.2. The molecule has 98 valence electrons. The minimum atomic E-state index is -0.307. The zero-order valence-electron chi connectivity index (χ0n) is 9.94. The molecule has 0 atom stereocenters. The number of amides is 2. The van der Waals surface area contributed by atoms with Crippen LogP contribution in [0.5, 0.6) is 11.5 Å². The number of aliphatic hydroxyl groups excluding tert-OH is 1. The normalized spacial score (nSPS) is 12.9. The molecule has 6 nitrogen and oxygen atoms in total. The molecule has 1 aromatic rings. The Kier molecular flexibility index (Phi) is 4.25. The molecule has 0 spiro atoms. The largest absolute Gasteiger partial charge is 0.486 e. The van der Waals surface area contributed by atoms with Crippen LogP contribution >= 0.6 is 0 Å². The van der Waals surface area contributed by atoms with E-state index in [9.17, 15) is 4.79 Å². The van der Waals surface area contributed by atoms with Gasteiger partial charge in [-0.1, -0.05) is 6.07 Å². The van der Waals surface area contributed by atoms with Gasteiger partial charge in [0.05, 0.1) is 6.61 Å². The van der Waals surface area contributed by atoms with Gasteiger partial charge in [-0.2, -0.15) is 0 Å². The number of rotatable bonds is 4. The third-order valence-electron chi connectivity index (χ3n) is 2.46. The van der Waals surface area contributed by atoms with Crippen LogP contribution < -0.4 is 20.1 Å². The maximum Gasteiger partial charge on any atom is 0.315 e. The summed E-state index contributed by atoms with van der Waals surface area (Å²) in [5, 5.41) is 13.8. The van der Waals surface area contributed by atoms with Crippen molar-refractivity contribution in [2.45, 2.75) is 6.54 Å². The van der Waals surface area contributed by atoms with Crippen molar-refractivity contribution in [3.63, 3.8) is 0 Å². The Hall–Kier alpha value is -1.95.